The van der Waals surface area contributed by atoms with Crippen LogP contribution in [0.4, 0.5) is 0 Å². The highest BCUT2D eigenvalue weighted by Gasteiger charge is 2.55. The Hall–Kier alpha value is -2.23. The van der Waals surface area contributed by atoms with Crippen LogP contribution in [0.2, 0.25) is 0 Å². The average molecular weight is 697 g/mol. The van der Waals surface area contributed by atoms with Gasteiger partial charge in [-0.3, -0.25) is 4.90 Å². The summed E-state index contributed by atoms with van der Waals surface area (Å²) in [6.07, 6.45) is 56.8. The second kappa shape index (κ2) is 13.3. The lowest BCUT2D eigenvalue weighted by molar-refractivity contribution is 0.0971. The van der Waals surface area contributed by atoms with E-state index in [4.69, 9.17) is 0 Å². The minimum Gasteiger partial charge on any atom is -0.340 e. The summed E-state index contributed by atoms with van der Waals surface area (Å²) in [6, 6.07) is 2.81. The van der Waals surface area contributed by atoms with Crippen LogP contribution >= 0.6 is 11.8 Å². The Kier molecular flexibility index (Phi) is 8.38. The minimum absolute atomic E-state index is 0.554. The maximum atomic E-state index is 3.11. The van der Waals surface area contributed by atoms with E-state index in [1.165, 1.54) is 109 Å². The lowest BCUT2D eigenvalue weighted by atomic mass is 9.67. The van der Waals surface area contributed by atoms with Crippen molar-refractivity contribution < 1.29 is 0 Å². The maximum absolute atomic E-state index is 3.11. The van der Waals surface area contributed by atoms with Crippen LogP contribution in [0.5, 0.6) is 0 Å². The summed E-state index contributed by atoms with van der Waals surface area (Å²) in [5, 5.41) is 0.770. The molecule has 3 heterocycles. The Morgan fingerprint density at radius 2 is 1.47 bits per heavy atom. The molecule has 12 unspecified atom stereocenters. The largest absolute Gasteiger partial charge is 0.340 e. The molecule has 0 aromatic heterocycles. The number of allylic oxidation sites excluding steroid dienone is 13. The molecule has 3 fully saturated rings. The topological polar surface area (TPSA) is 6.48 Å². The number of fused-ring (bicyclic) bond motifs is 8. The molecule has 0 aromatic rings. The van der Waals surface area contributed by atoms with E-state index in [9.17, 15) is 0 Å². The number of likely N-dealkylation sites (tertiary alicyclic amines) is 1. The fourth-order valence-electron chi connectivity index (χ4n) is 13.9. The van der Waals surface area contributed by atoms with Gasteiger partial charge in [-0.15, -0.1) is 11.8 Å². The van der Waals surface area contributed by atoms with Gasteiger partial charge in [0.05, 0.1) is 5.70 Å². The predicted octanol–water partition coefficient (Wildman–Crippen LogP) is 11.6. The van der Waals surface area contributed by atoms with Crippen molar-refractivity contribution in [1.82, 2.24) is 9.80 Å². The number of thioether (sulfide) groups is 1. The van der Waals surface area contributed by atoms with E-state index >= 15 is 0 Å². The molecule has 1 saturated carbocycles. The highest BCUT2D eigenvalue weighted by atomic mass is 32.2. The van der Waals surface area contributed by atoms with E-state index in [0.717, 1.165) is 41.0 Å². The van der Waals surface area contributed by atoms with Crippen LogP contribution in [0.3, 0.4) is 0 Å². The molecule has 12 atom stereocenters. The van der Waals surface area contributed by atoms with Crippen molar-refractivity contribution >= 4 is 11.8 Å². The Bertz CT molecular complexity index is 1680. The average Bonchev–Trinajstić information content (AvgIpc) is 3.86. The maximum Gasteiger partial charge on any atom is 0.0508 e. The second-order valence-corrected chi connectivity index (χ2v) is 19.6. The normalized spacial score (nSPS) is 44.3. The Labute approximate surface area is 312 Å². The van der Waals surface area contributed by atoms with Gasteiger partial charge in [-0.2, -0.15) is 0 Å². The fourth-order valence-corrected chi connectivity index (χ4v) is 15.7. The van der Waals surface area contributed by atoms with Crippen LogP contribution in [-0.2, 0) is 0 Å². The zero-order valence-electron chi connectivity index (χ0n) is 30.8. The predicted molar refractivity (Wildman–Crippen MR) is 214 cm³/mol. The monoisotopic (exact) mass is 696 g/mol. The van der Waals surface area contributed by atoms with E-state index < -0.39 is 0 Å². The quantitative estimate of drug-likeness (QED) is 0.270. The van der Waals surface area contributed by atoms with E-state index in [0.29, 0.717) is 35.8 Å². The van der Waals surface area contributed by atoms with Crippen molar-refractivity contribution in [2.24, 2.45) is 47.3 Å². The molecule has 0 radical (unpaired) electrons. The van der Waals surface area contributed by atoms with Crippen LogP contribution < -0.4 is 0 Å². The Morgan fingerprint density at radius 3 is 2.35 bits per heavy atom. The van der Waals surface area contributed by atoms with E-state index in [1.54, 1.807) is 21.9 Å². The van der Waals surface area contributed by atoms with Gasteiger partial charge in [0.2, 0.25) is 0 Å². The molecule has 0 amide bonds. The zero-order chi connectivity index (χ0) is 33.5. The molecular formula is C48H60N2S. The summed E-state index contributed by atoms with van der Waals surface area (Å²) in [7, 11) is 0. The Morgan fingerprint density at radius 1 is 0.647 bits per heavy atom. The van der Waals surface area contributed by atoms with Crippen molar-refractivity contribution in [2.45, 2.75) is 139 Å². The lowest BCUT2D eigenvalue weighted by Crippen LogP contribution is -2.47. The van der Waals surface area contributed by atoms with Gasteiger partial charge in [-0.25, -0.2) is 0 Å². The van der Waals surface area contributed by atoms with Crippen LogP contribution in [0.1, 0.15) is 109 Å². The number of hydrogen-bond acceptors (Lipinski definition) is 3. The molecule has 2 saturated heterocycles. The van der Waals surface area contributed by atoms with Crippen molar-refractivity contribution in [2.75, 3.05) is 0 Å². The summed E-state index contributed by atoms with van der Waals surface area (Å²) >= 11 is 2.32. The summed E-state index contributed by atoms with van der Waals surface area (Å²) in [6.45, 7) is 0. The minimum atomic E-state index is 0.554. The van der Waals surface area contributed by atoms with Gasteiger partial charge in [0.15, 0.2) is 0 Å². The molecular weight excluding hydrogens is 637 g/mol. The molecule has 3 aliphatic heterocycles. The highest BCUT2D eigenvalue weighted by Crippen LogP contribution is 2.61. The standard InChI is InChI=1S/C48H60N2S/c1-3-14-31(15-4-1)35-27-29-44(48-47(35)38-20-9-12-25-45(38)51-48)50-40-22-10-7-18-36(40)39-30-32(26-28-42(39)50)34-21-13-24-43-46(34)37-19-8-11-23-41(37)49(43)33-16-5-2-6-17-33/h1,3,7-9,13,18-20,24,27,29-31,33-38,40-41,43,45-47H,2,4-6,10-12,14-17,21-23,25-26,28H2. The summed E-state index contributed by atoms with van der Waals surface area (Å²) in [4.78, 5) is 7.86. The van der Waals surface area contributed by atoms with Crippen LogP contribution in [0.15, 0.2) is 106 Å². The third kappa shape index (κ3) is 5.20. The first kappa shape index (κ1) is 32.2. The third-order valence-electron chi connectivity index (χ3n) is 16.0. The summed E-state index contributed by atoms with van der Waals surface area (Å²) in [5.41, 5.74) is 6.84. The number of hydrogen-bond donors (Lipinski definition) is 0. The van der Waals surface area contributed by atoms with Crippen molar-refractivity contribution in [3.8, 4) is 0 Å². The van der Waals surface area contributed by atoms with Gasteiger partial charge >= 0.3 is 0 Å². The van der Waals surface area contributed by atoms with Gasteiger partial charge in [0.25, 0.3) is 0 Å². The fraction of sp³-hybridized carbons (Fsp3) is 0.625. The molecule has 11 aliphatic rings. The molecule has 0 bridgehead atoms. The SMILES string of the molecule is C1=CCC(C2C=CC(N3C4=C(C=C(C5CC=CC6C5C5C=CCCC5N6C5CCCCC5)CC4)C4C=CCCC43)=C3SC4CCC=CC4C32)CC1. The van der Waals surface area contributed by atoms with Crippen LogP contribution in [0, 0.1) is 47.3 Å². The van der Waals surface area contributed by atoms with Gasteiger partial charge in [0.1, 0.15) is 0 Å². The van der Waals surface area contributed by atoms with Crippen molar-refractivity contribution in [3.05, 3.63) is 106 Å². The van der Waals surface area contributed by atoms with Crippen LogP contribution in [-0.4, -0.2) is 39.2 Å². The van der Waals surface area contributed by atoms with Gasteiger partial charge in [0, 0.05) is 51.9 Å². The number of nitrogens with zero attached hydrogens (tertiary/aromatic N) is 2. The van der Waals surface area contributed by atoms with E-state index in [2.05, 4.69) is 101 Å². The lowest BCUT2D eigenvalue weighted by Gasteiger charge is -2.42. The van der Waals surface area contributed by atoms with Gasteiger partial charge < -0.3 is 4.90 Å². The molecule has 8 aliphatic carbocycles. The zero-order valence-corrected chi connectivity index (χ0v) is 31.7. The Balaban J connectivity index is 0.958. The molecule has 268 valence electrons. The van der Waals surface area contributed by atoms with Crippen molar-refractivity contribution in [3.63, 3.8) is 0 Å². The molecule has 11 rings (SSSR count). The second-order valence-electron chi connectivity index (χ2n) is 18.3. The smallest absolute Gasteiger partial charge is 0.0508 e. The molecule has 2 nitrogen and oxygen atoms in total. The first-order valence-electron chi connectivity index (χ1n) is 21.7. The molecule has 3 heteroatoms. The number of rotatable bonds is 4. The molecule has 0 N–H and O–H groups in total. The van der Waals surface area contributed by atoms with Gasteiger partial charge in [-0.05, 0) is 137 Å². The first-order chi connectivity index (χ1) is 25.3. The molecule has 0 spiro atoms. The van der Waals surface area contributed by atoms with Gasteiger partial charge in [-0.1, -0.05) is 97.7 Å². The summed E-state index contributed by atoms with van der Waals surface area (Å²) in [5.74, 6) is 5.64. The third-order valence-corrected chi connectivity index (χ3v) is 17.6. The molecule has 51 heavy (non-hydrogen) atoms. The van der Waals surface area contributed by atoms with E-state index in [1.807, 2.05) is 5.57 Å². The molecule has 0 aromatic carbocycles. The van der Waals surface area contributed by atoms with Crippen LogP contribution in [0.25, 0.3) is 0 Å². The first-order valence-corrected chi connectivity index (χ1v) is 22.6. The van der Waals surface area contributed by atoms with Crippen molar-refractivity contribution in [1.29, 1.82) is 0 Å². The van der Waals surface area contributed by atoms with E-state index in [-0.39, 0.29) is 0 Å². The summed E-state index contributed by atoms with van der Waals surface area (Å²) < 4.78 is 0. The highest BCUT2D eigenvalue weighted by molar-refractivity contribution is 8.04.